The number of piperidine rings is 2. The van der Waals surface area contributed by atoms with E-state index in [4.69, 9.17) is 9.47 Å². The maximum Gasteiger partial charge on any atom is 0.266 e. The lowest BCUT2D eigenvalue weighted by atomic mass is 9.83. The van der Waals surface area contributed by atoms with Gasteiger partial charge >= 0.3 is 0 Å². The number of thiazole rings is 2. The Morgan fingerprint density at radius 3 is 1.67 bits per heavy atom. The molecule has 12 nitrogen and oxygen atoms in total. The maximum absolute atomic E-state index is 13.1. The van der Waals surface area contributed by atoms with Gasteiger partial charge in [0.2, 0.25) is 0 Å². The predicted octanol–water partition coefficient (Wildman–Crippen LogP) is 7.66. The normalized spacial score (nSPS) is 20.6. The van der Waals surface area contributed by atoms with Gasteiger partial charge < -0.3 is 19.7 Å². The highest BCUT2D eigenvalue weighted by Crippen LogP contribution is 2.46. The molecule has 2 aromatic heterocycles. The number of ether oxygens (including phenoxy) is 2. The first-order chi connectivity index (χ1) is 29.6. The molecule has 6 aliphatic heterocycles. The van der Waals surface area contributed by atoms with E-state index in [0.29, 0.717) is 33.9 Å². The highest BCUT2D eigenvalue weighted by atomic mass is 32.2. The fourth-order valence-electron chi connectivity index (χ4n) is 9.35. The molecule has 0 bridgehead atoms. The average Bonchev–Trinajstić information content (AvgIpc) is 4.15. The first-order valence-electron chi connectivity index (χ1n) is 20.2. The summed E-state index contributed by atoms with van der Waals surface area (Å²) in [5, 5.41) is 7.81. The quantitative estimate of drug-likeness (QED) is 0.189. The summed E-state index contributed by atoms with van der Waals surface area (Å²) in [6.45, 7) is 5.90. The third-order valence-corrected chi connectivity index (χ3v) is 18.0. The standard InChI is InChI=1S/C22H21N3O3S2.C12H15NO.C10H7FN2O2S2/c26-30(27)20-6-5-18(13-17(20)14-25(30)21-23-9-12-29-21)24-10-7-22(8-11-24)19-4-2-1-3-16(19)15-28-22;1-2-4-11-10(3-1)9-14-12(11)5-7-13-8-6-12;11-8-1-2-9-7(5-8)6-13(17(9,14)15)10-12-3-4-16-10/h1-6,9,12-13H,7-8,10-11,14-15H2;1-4,13H,5-9H2;1-5H,6H2. The second kappa shape index (κ2) is 15.9. The van der Waals surface area contributed by atoms with Gasteiger partial charge in [-0.25, -0.2) is 39.8 Å². The number of aromatic nitrogens is 2. The van der Waals surface area contributed by atoms with Crippen LogP contribution in [0.25, 0.3) is 0 Å². The minimum Gasteiger partial charge on any atom is -0.371 e. The van der Waals surface area contributed by atoms with Crippen LogP contribution in [0.2, 0.25) is 0 Å². The van der Waals surface area contributed by atoms with Crippen LogP contribution < -0.4 is 18.8 Å². The van der Waals surface area contributed by atoms with E-state index < -0.39 is 25.9 Å². The number of hydrogen-bond acceptors (Lipinski definition) is 12. The first kappa shape index (κ1) is 40.3. The molecule has 2 spiro atoms. The average molecular weight is 899 g/mol. The molecule has 0 aliphatic carbocycles. The van der Waals surface area contributed by atoms with Crippen LogP contribution in [-0.4, -0.2) is 53.0 Å². The molecule has 61 heavy (non-hydrogen) atoms. The molecule has 4 aromatic carbocycles. The topological polar surface area (TPSA) is 134 Å². The zero-order chi connectivity index (χ0) is 41.8. The van der Waals surface area contributed by atoms with Crippen LogP contribution in [0, 0.1) is 5.82 Å². The van der Waals surface area contributed by atoms with E-state index in [9.17, 15) is 21.2 Å². The van der Waals surface area contributed by atoms with Gasteiger partial charge in [-0.1, -0.05) is 48.5 Å². The maximum atomic E-state index is 13.1. The monoisotopic (exact) mass is 898 g/mol. The fraction of sp³-hybridized carbons (Fsp3) is 0.318. The van der Waals surface area contributed by atoms with Crippen molar-refractivity contribution >= 4 is 58.7 Å². The number of sulfonamides is 2. The van der Waals surface area contributed by atoms with E-state index in [1.165, 1.54) is 65.7 Å². The molecule has 17 heteroatoms. The number of halogens is 1. The highest BCUT2D eigenvalue weighted by Gasteiger charge is 2.44. The summed E-state index contributed by atoms with van der Waals surface area (Å²) in [7, 11) is -7.10. The number of nitrogens with zero attached hydrogens (tertiary/aromatic N) is 5. The van der Waals surface area contributed by atoms with Gasteiger partial charge in [0.05, 0.1) is 47.3 Å². The lowest BCUT2D eigenvalue weighted by Crippen LogP contribution is -2.42. The molecule has 6 aromatic rings. The summed E-state index contributed by atoms with van der Waals surface area (Å²) in [6.07, 6.45) is 7.28. The van der Waals surface area contributed by atoms with Crippen LogP contribution in [0.5, 0.6) is 0 Å². The molecule has 1 N–H and O–H groups in total. The first-order valence-corrected chi connectivity index (χ1v) is 24.9. The van der Waals surface area contributed by atoms with E-state index in [2.05, 4.69) is 68.7 Å². The van der Waals surface area contributed by atoms with Crippen LogP contribution in [0.1, 0.15) is 59.1 Å². The van der Waals surface area contributed by atoms with E-state index in [0.717, 1.165) is 75.8 Å². The molecule has 0 amide bonds. The van der Waals surface area contributed by atoms with Crippen molar-refractivity contribution in [2.45, 2.75) is 73.0 Å². The van der Waals surface area contributed by atoms with Crippen LogP contribution in [-0.2, 0) is 67.0 Å². The van der Waals surface area contributed by atoms with Crippen molar-refractivity contribution in [1.82, 2.24) is 15.3 Å². The molecule has 12 rings (SSSR count). The second-order valence-corrected chi connectivity index (χ2v) is 21.2. The summed E-state index contributed by atoms with van der Waals surface area (Å²) in [4.78, 5) is 11.1. The number of nitrogens with one attached hydrogen (secondary N) is 1. The summed E-state index contributed by atoms with van der Waals surface area (Å²) >= 11 is 2.58. The van der Waals surface area contributed by atoms with E-state index >= 15 is 0 Å². The molecule has 0 radical (unpaired) electrons. The smallest absolute Gasteiger partial charge is 0.266 e. The number of anilines is 3. The molecule has 8 heterocycles. The summed E-state index contributed by atoms with van der Waals surface area (Å²) in [5.41, 5.74) is 7.71. The van der Waals surface area contributed by atoms with Gasteiger partial charge in [0.25, 0.3) is 20.0 Å². The predicted molar refractivity (Wildman–Crippen MR) is 233 cm³/mol. The largest absolute Gasteiger partial charge is 0.371 e. The Kier molecular flexibility index (Phi) is 10.5. The molecule has 2 fully saturated rings. The van der Waals surface area contributed by atoms with Crippen LogP contribution in [0.4, 0.5) is 20.3 Å². The summed E-state index contributed by atoms with van der Waals surface area (Å²) < 4.78 is 78.1. The van der Waals surface area contributed by atoms with Crippen molar-refractivity contribution in [3.05, 3.63) is 147 Å². The van der Waals surface area contributed by atoms with Crippen LogP contribution in [0.15, 0.2) is 118 Å². The number of hydrogen-bond donors (Lipinski definition) is 1. The molecule has 316 valence electrons. The Labute approximate surface area is 362 Å². The van der Waals surface area contributed by atoms with Gasteiger partial charge in [-0.3, -0.25) is 0 Å². The van der Waals surface area contributed by atoms with E-state index in [-0.39, 0.29) is 22.6 Å². The molecule has 0 unspecified atom stereocenters. The Hall–Kier alpha value is -4.75. The Bertz CT molecular complexity index is 2790. The molecule has 0 atom stereocenters. The molecular formula is C44H43FN6O6S4. The summed E-state index contributed by atoms with van der Waals surface area (Å²) in [5.74, 6) is -0.431. The van der Waals surface area contributed by atoms with Crippen LogP contribution >= 0.6 is 22.7 Å². The van der Waals surface area contributed by atoms with Crippen LogP contribution in [0.3, 0.4) is 0 Å². The molecule has 0 saturated carbocycles. The third kappa shape index (κ3) is 7.23. The van der Waals surface area contributed by atoms with Gasteiger partial charge in [-0.05, 0) is 109 Å². The summed E-state index contributed by atoms with van der Waals surface area (Å²) in [6, 6.07) is 26.6. The van der Waals surface area contributed by atoms with Crippen molar-refractivity contribution < 1.29 is 30.7 Å². The van der Waals surface area contributed by atoms with Gasteiger partial charge in [-0.2, -0.15) is 0 Å². The van der Waals surface area contributed by atoms with Crippen molar-refractivity contribution in [3.8, 4) is 0 Å². The zero-order valence-electron chi connectivity index (χ0n) is 33.1. The Morgan fingerprint density at radius 2 is 1.13 bits per heavy atom. The zero-order valence-corrected chi connectivity index (χ0v) is 36.3. The fourth-order valence-corrected chi connectivity index (χ4v) is 14.3. The van der Waals surface area contributed by atoms with Gasteiger partial charge in [0.15, 0.2) is 10.3 Å². The minimum atomic E-state index is -3.57. The van der Waals surface area contributed by atoms with Crippen molar-refractivity contribution in [2.24, 2.45) is 0 Å². The minimum absolute atomic E-state index is 0.0435. The van der Waals surface area contributed by atoms with Crippen molar-refractivity contribution in [1.29, 1.82) is 0 Å². The lowest BCUT2D eigenvalue weighted by Gasteiger charge is -2.40. The number of rotatable bonds is 3. The van der Waals surface area contributed by atoms with E-state index in [1.807, 2.05) is 12.1 Å². The molecule has 6 aliphatic rings. The Morgan fingerprint density at radius 1 is 0.623 bits per heavy atom. The van der Waals surface area contributed by atoms with Gasteiger partial charge in [0, 0.05) is 41.9 Å². The second-order valence-electron chi connectivity index (χ2n) is 15.8. The third-order valence-electron chi connectivity index (χ3n) is 12.5. The van der Waals surface area contributed by atoms with Crippen molar-refractivity contribution in [2.75, 3.05) is 39.7 Å². The number of benzene rings is 4. The Balaban J connectivity index is 0.000000121. The lowest BCUT2D eigenvalue weighted by molar-refractivity contribution is -0.0590. The molecular weight excluding hydrogens is 856 g/mol. The molecule has 2 saturated heterocycles. The van der Waals surface area contributed by atoms with Crippen molar-refractivity contribution in [3.63, 3.8) is 0 Å². The van der Waals surface area contributed by atoms with Gasteiger partial charge in [-0.15, -0.1) is 22.7 Å². The van der Waals surface area contributed by atoms with Gasteiger partial charge in [0.1, 0.15) is 5.82 Å². The SMILES string of the molecule is O=S1(=O)c2ccc(F)cc2CN1c1nccs1.O=S1(=O)c2ccc(N3CCC4(CC3)OCc3ccccc34)cc2CN1c1nccs1.c1ccc2c(c1)COC21CCNCC1. The van der Waals surface area contributed by atoms with E-state index in [1.54, 1.807) is 29.2 Å². The highest BCUT2D eigenvalue weighted by molar-refractivity contribution is 7.93. The number of fused-ring (bicyclic) bond motifs is 6.